The normalized spacial score (nSPS) is 16.3. The Morgan fingerprint density at radius 3 is 2.78 bits per heavy atom. The van der Waals surface area contributed by atoms with Crippen LogP contribution in [0.15, 0.2) is 12.4 Å². The summed E-state index contributed by atoms with van der Waals surface area (Å²) in [7, 11) is 0. The van der Waals surface area contributed by atoms with Crippen LogP contribution >= 0.6 is 0 Å². The highest BCUT2D eigenvalue weighted by Crippen LogP contribution is 2.28. The molecule has 98 valence electrons. The third-order valence-corrected chi connectivity index (χ3v) is 3.15. The van der Waals surface area contributed by atoms with E-state index in [0.29, 0.717) is 6.54 Å². The quantitative estimate of drug-likeness (QED) is 0.736. The predicted octanol–water partition coefficient (Wildman–Crippen LogP) is 0.962. The van der Waals surface area contributed by atoms with Crippen molar-refractivity contribution in [3.05, 3.63) is 23.8 Å². The zero-order valence-corrected chi connectivity index (χ0v) is 10.9. The number of hydrogen-bond acceptors (Lipinski definition) is 4. The highest BCUT2D eigenvalue weighted by Gasteiger charge is 2.28. The number of nitrogens with one attached hydrogen (secondary N) is 2. The highest BCUT2D eigenvalue weighted by molar-refractivity contribution is 5.80. The second-order valence-corrected chi connectivity index (χ2v) is 4.77. The highest BCUT2D eigenvalue weighted by atomic mass is 16.2. The molecule has 1 aromatic heterocycles. The molecule has 2 rings (SSSR count). The molecule has 0 aliphatic heterocycles. The standard InChI is InChI=1S/C13H20N4O/c1-9-12(16-7-5-14-9)10(2)15-6-8-17-13(18)11-3-4-11/h5,7,10-11,15H,3-4,6,8H2,1-2H3,(H,17,18). The van der Waals surface area contributed by atoms with Gasteiger partial charge in [-0.05, 0) is 26.7 Å². The summed E-state index contributed by atoms with van der Waals surface area (Å²) in [5, 5.41) is 6.27. The maximum absolute atomic E-state index is 11.4. The number of rotatable bonds is 6. The van der Waals surface area contributed by atoms with Crippen LogP contribution in [-0.2, 0) is 4.79 Å². The van der Waals surface area contributed by atoms with E-state index >= 15 is 0 Å². The zero-order chi connectivity index (χ0) is 13.0. The Kier molecular flexibility index (Phi) is 4.25. The van der Waals surface area contributed by atoms with E-state index < -0.39 is 0 Å². The van der Waals surface area contributed by atoms with Gasteiger partial charge in [-0.1, -0.05) is 0 Å². The molecule has 1 unspecified atom stereocenters. The summed E-state index contributed by atoms with van der Waals surface area (Å²) in [5.41, 5.74) is 1.91. The number of carbonyl (C=O) groups is 1. The summed E-state index contributed by atoms with van der Waals surface area (Å²) in [6, 6.07) is 0.150. The van der Waals surface area contributed by atoms with Crippen LogP contribution < -0.4 is 10.6 Å². The minimum atomic E-state index is 0.150. The van der Waals surface area contributed by atoms with E-state index in [2.05, 4.69) is 27.5 Å². The first-order valence-corrected chi connectivity index (χ1v) is 6.47. The molecule has 1 saturated carbocycles. The van der Waals surface area contributed by atoms with Crippen LogP contribution in [0.25, 0.3) is 0 Å². The summed E-state index contributed by atoms with van der Waals surface area (Å²) in [6.07, 6.45) is 5.50. The SMILES string of the molecule is Cc1nccnc1C(C)NCCNC(=O)C1CC1. The van der Waals surface area contributed by atoms with Crippen LogP contribution in [0.5, 0.6) is 0 Å². The van der Waals surface area contributed by atoms with Crippen LogP contribution in [-0.4, -0.2) is 29.0 Å². The molecule has 0 aromatic carbocycles. The van der Waals surface area contributed by atoms with Gasteiger partial charge in [0.25, 0.3) is 0 Å². The van der Waals surface area contributed by atoms with Crippen LogP contribution in [0.1, 0.15) is 37.2 Å². The van der Waals surface area contributed by atoms with Gasteiger partial charge < -0.3 is 10.6 Å². The van der Waals surface area contributed by atoms with Crippen LogP contribution in [0.3, 0.4) is 0 Å². The van der Waals surface area contributed by atoms with Crippen molar-refractivity contribution in [1.29, 1.82) is 0 Å². The molecule has 0 spiro atoms. The molecular weight excluding hydrogens is 228 g/mol. The second-order valence-electron chi connectivity index (χ2n) is 4.77. The van der Waals surface area contributed by atoms with Gasteiger partial charge in [0, 0.05) is 37.4 Å². The maximum Gasteiger partial charge on any atom is 0.223 e. The van der Waals surface area contributed by atoms with Crippen molar-refractivity contribution in [3.63, 3.8) is 0 Å². The molecule has 18 heavy (non-hydrogen) atoms. The van der Waals surface area contributed by atoms with E-state index in [9.17, 15) is 4.79 Å². The van der Waals surface area contributed by atoms with E-state index in [1.165, 1.54) is 0 Å². The third-order valence-electron chi connectivity index (χ3n) is 3.15. The van der Waals surface area contributed by atoms with E-state index in [1.807, 2.05) is 6.92 Å². The smallest absolute Gasteiger partial charge is 0.223 e. The molecule has 2 N–H and O–H groups in total. The fraction of sp³-hybridized carbons (Fsp3) is 0.615. The topological polar surface area (TPSA) is 66.9 Å². The molecule has 1 aliphatic carbocycles. The summed E-state index contributed by atoms with van der Waals surface area (Å²) < 4.78 is 0. The fourth-order valence-corrected chi connectivity index (χ4v) is 1.90. The number of aryl methyl sites for hydroxylation is 1. The third kappa shape index (κ3) is 3.50. The monoisotopic (exact) mass is 248 g/mol. The Bertz CT molecular complexity index is 417. The van der Waals surface area contributed by atoms with E-state index in [-0.39, 0.29) is 17.9 Å². The van der Waals surface area contributed by atoms with E-state index in [0.717, 1.165) is 30.8 Å². The Labute approximate surface area is 107 Å². The Morgan fingerprint density at radius 2 is 2.11 bits per heavy atom. The summed E-state index contributed by atoms with van der Waals surface area (Å²) in [4.78, 5) is 19.9. The molecule has 0 radical (unpaired) electrons. The van der Waals surface area contributed by atoms with Gasteiger partial charge in [-0.2, -0.15) is 0 Å². The molecule has 1 aliphatic rings. The van der Waals surface area contributed by atoms with Crippen molar-refractivity contribution in [3.8, 4) is 0 Å². The fourth-order valence-electron chi connectivity index (χ4n) is 1.90. The maximum atomic E-state index is 11.4. The van der Waals surface area contributed by atoms with Gasteiger partial charge in [-0.25, -0.2) is 0 Å². The molecule has 1 atom stereocenters. The average molecular weight is 248 g/mol. The van der Waals surface area contributed by atoms with Crippen molar-refractivity contribution in [2.75, 3.05) is 13.1 Å². The lowest BCUT2D eigenvalue weighted by Crippen LogP contribution is -2.34. The molecule has 1 heterocycles. The number of hydrogen-bond donors (Lipinski definition) is 2. The van der Waals surface area contributed by atoms with Crippen LogP contribution in [0.2, 0.25) is 0 Å². The predicted molar refractivity (Wildman–Crippen MR) is 68.9 cm³/mol. The van der Waals surface area contributed by atoms with Crippen molar-refractivity contribution in [1.82, 2.24) is 20.6 Å². The van der Waals surface area contributed by atoms with Crippen molar-refractivity contribution < 1.29 is 4.79 Å². The minimum Gasteiger partial charge on any atom is -0.355 e. The molecule has 1 fully saturated rings. The zero-order valence-electron chi connectivity index (χ0n) is 10.9. The van der Waals surface area contributed by atoms with Gasteiger partial charge >= 0.3 is 0 Å². The van der Waals surface area contributed by atoms with Crippen LogP contribution in [0, 0.1) is 12.8 Å². The second kappa shape index (κ2) is 5.91. The average Bonchev–Trinajstić information content (AvgIpc) is 3.19. The summed E-state index contributed by atoms with van der Waals surface area (Å²) in [5.74, 6) is 0.477. The summed E-state index contributed by atoms with van der Waals surface area (Å²) >= 11 is 0. The molecular formula is C13H20N4O. The number of nitrogens with zero attached hydrogens (tertiary/aromatic N) is 2. The van der Waals surface area contributed by atoms with Gasteiger partial charge in [0.05, 0.1) is 11.4 Å². The summed E-state index contributed by atoms with van der Waals surface area (Å²) in [6.45, 7) is 5.42. The van der Waals surface area contributed by atoms with Gasteiger partial charge in [0.15, 0.2) is 0 Å². The van der Waals surface area contributed by atoms with Crippen molar-refractivity contribution in [2.45, 2.75) is 32.7 Å². The lowest BCUT2D eigenvalue weighted by atomic mass is 10.2. The molecule has 0 bridgehead atoms. The van der Waals surface area contributed by atoms with Gasteiger partial charge in [-0.3, -0.25) is 14.8 Å². The first kappa shape index (κ1) is 13.0. The van der Waals surface area contributed by atoms with Crippen LogP contribution in [0.4, 0.5) is 0 Å². The number of carbonyl (C=O) groups excluding carboxylic acids is 1. The lowest BCUT2D eigenvalue weighted by molar-refractivity contribution is -0.122. The Hall–Kier alpha value is -1.49. The first-order valence-electron chi connectivity index (χ1n) is 6.47. The molecule has 0 saturated heterocycles. The molecule has 1 amide bonds. The molecule has 5 heteroatoms. The molecule has 5 nitrogen and oxygen atoms in total. The van der Waals surface area contributed by atoms with E-state index in [1.54, 1.807) is 12.4 Å². The van der Waals surface area contributed by atoms with Gasteiger partial charge in [0.1, 0.15) is 0 Å². The number of aromatic nitrogens is 2. The van der Waals surface area contributed by atoms with Gasteiger partial charge in [0.2, 0.25) is 5.91 Å². The first-order chi connectivity index (χ1) is 8.68. The Morgan fingerprint density at radius 1 is 1.39 bits per heavy atom. The Balaban J connectivity index is 1.69. The lowest BCUT2D eigenvalue weighted by Gasteiger charge is -2.14. The van der Waals surface area contributed by atoms with Gasteiger partial charge in [-0.15, -0.1) is 0 Å². The minimum absolute atomic E-state index is 0.150. The molecule has 1 aromatic rings. The van der Waals surface area contributed by atoms with Crippen molar-refractivity contribution >= 4 is 5.91 Å². The van der Waals surface area contributed by atoms with E-state index in [4.69, 9.17) is 0 Å². The number of amides is 1. The van der Waals surface area contributed by atoms with Crippen molar-refractivity contribution in [2.24, 2.45) is 5.92 Å². The largest absolute Gasteiger partial charge is 0.355 e.